The highest BCUT2D eigenvalue weighted by atomic mass is 35.5. The number of rotatable bonds is 1. The zero-order valence-corrected chi connectivity index (χ0v) is 9.40. The third kappa shape index (κ3) is 1.21. The predicted molar refractivity (Wildman–Crippen MR) is 59.3 cm³/mol. The molecule has 2 fully saturated rings. The molecule has 3 rings (SSSR count). The first-order valence-electron chi connectivity index (χ1n) is 4.87. The number of hydrogen-bond acceptors (Lipinski definition) is 1. The van der Waals surface area contributed by atoms with Gasteiger partial charge in [-0.1, -0.05) is 29.3 Å². The number of fused-ring (bicyclic) bond motifs is 1. The van der Waals surface area contributed by atoms with Crippen molar-refractivity contribution in [3.05, 3.63) is 33.8 Å². The molecule has 4 heteroatoms. The van der Waals surface area contributed by atoms with Crippen LogP contribution in [0.25, 0.3) is 0 Å². The normalized spacial score (nSPS) is 32.4. The molecule has 0 spiro atoms. The minimum absolute atomic E-state index is 0.00527. The topological polar surface area (TPSA) is 29.1 Å². The van der Waals surface area contributed by atoms with Gasteiger partial charge in [0.15, 0.2) is 0 Å². The monoisotopic (exact) mass is 241 g/mol. The van der Waals surface area contributed by atoms with Crippen LogP contribution >= 0.6 is 23.2 Å². The molecule has 1 aromatic rings. The molecule has 1 aliphatic heterocycles. The van der Waals surface area contributed by atoms with Crippen molar-refractivity contribution < 1.29 is 4.79 Å². The second-order valence-electron chi connectivity index (χ2n) is 4.26. The van der Waals surface area contributed by atoms with Gasteiger partial charge >= 0.3 is 0 Å². The lowest BCUT2D eigenvalue weighted by Crippen LogP contribution is -2.22. The van der Waals surface area contributed by atoms with E-state index in [0.717, 1.165) is 18.5 Å². The minimum atomic E-state index is 0.00527. The van der Waals surface area contributed by atoms with Crippen LogP contribution in [-0.2, 0) is 10.2 Å². The highest BCUT2D eigenvalue weighted by molar-refractivity contribution is 6.42. The number of nitrogens with one attached hydrogen (secondary N) is 1. The number of piperidine rings is 1. The fraction of sp³-hybridized carbons (Fsp3) is 0.364. The summed E-state index contributed by atoms with van der Waals surface area (Å²) in [5, 5.41) is 4.00. The van der Waals surface area contributed by atoms with E-state index in [1.54, 1.807) is 6.07 Å². The van der Waals surface area contributed by atoms with E-state index in [9.17, 15) is 4.79 Å². The molecule has 0 aromatic heterocycles. The third-order valence-corrected chi connectivity index (χ3v) is 4.20. The van der Waals surface area contributed by atoms with Gasteiger partial charge in [-0.25, -0.2) is 0 Å². The molecule has 0 bridgehead atoms. The first-order valence-corrected chi connectivity index (χ1v) is 5.62. The van der Waals surface area contributed by atoms with E-state index in [4.69, 9.17) is 23.2 Å². The predicted octanol–water partition coefficient (Wildman–Crippen LogP) is 2.38. The van der Waals surface area contributed by atoms with Crippen LogP contribution in [0.1, 0.15) is 12.0 Å². The molecule has 1 saturated carbocycles. The Morgan fingerprint density at radius 2 is 2.13 bits per heavy atom. The average molecular weight is 242 g/mol. The molecule has 1 amide bonds. The largest absolute Gasteiger partial charge is 0.355 e. The number of hydrogen-bond donors (Lipinski definition) is 1. The lowest BCUT2D eigenvalue weighted by atomic mass is 9.95. The van der Waals surface area contributed by atoms with E-state index in [2.05, 4.69) is 5.32 Å². The summed E-state index contributed by atoms with van der Waals surface area (Å²) < 4.78 is 0. The van der Waals surface area contributed by atoms with Crippen LogP contribution in [0.2, 0.25) is 10.0 Å². The van der Waals surface area contributed by atoms with Gasteiger partial charge in [0.2, 0.25) is 5.91 Å². The smallest absolute Gasteiger partial charge is 0.224 e. The maximum Gasteiger partial charge on any atom is 0.224 e. The Labute approximate surface area is 97.6 Å². The fourth-order valence-electron chi connectivity index (χ4n) is 2.44. The Morgan fingerprint density at radius 1 is 1.33 bits per heavy atom. The van der Waals surface area contributed by atoms with Gasteiger partial charge in [-0.3, -0.25) is 4.79 Å². The summed E-state index contributed by atoms with van der Waals surface area (Å²) in [6, 6.07) is 5.64. The number of carbonyl (C=O) groups is 1. The van der Waals surface area contributed by atoms with Gasteiger partial charge in [0.1, 0.15) is 0 Å². The van der Waals surface area contributed by atoms with E-state index < -0.39 is 0 Å². The van der Waals surface area contributed by atoms with Crippen LogP contribution in [0.5, 0.6) is 0 Å². The second-order valence-corrected chi connectivity index (χ2v) is 5.07. The van der Waals surface area contributed by atoms with Gasteiger partial charge in [-0.2, -0.15) is 0 Å². The molecule has 0 unspecified atom stereocenters. The van der Waals surface area contributed by atoms with Gasteiger partial charge in [0.25, 0.3) is 0 Å². The molecular formula is C11H9Cl2NO. The van der Waals surface area contributed by atoms with Crippen molar-refractivity contribution in [2.45, 2.75) is 11.8 Å². The van der Waals surface area contributed by atoms with Crippen molar-refractivity contribution in [3.63, 3.8) is 0 Å². The molecule has 2 aliphatic rings. The van der Waals surface area contributed by atoms with Crippen molar-refractivity contribution >= 4 is 29.1 Å². The summed E-state index contributed by atoms with van der Waals surface area (Å²) in [4.78, 5) is 11.4. The zero-order valence-electron chi connectivity index (χ0n) is 7.89. The second kappa shape index (κ2) is 2.89. The SMILES string of the molecule is O=C1NC[C@@]2(c3ccc(Cl)c(Cl)c3)C[C@@H]12. The fourth-order valence-corrected chi connectivity index (χ4v) is 2.74. The van der Waals surface area contributed by atoms with Gasteiger partial charge in [0, 0.05) is 12.0 Å². The van der Waals surface area contributed by atoms with Crippen molar-refractivity contribution in [2.24, 2.45) is 5.92 Å². The van der Waals surface area contributed by atoms with Crippen molar-refractivity contribution in [1.82, 2.24) is 5.32 Å². The van der Waals surface area contributed by atoms with E-state index in [0.29, 0.717) is 10.0 Å². The molecule has 0 radical (unpaired) electrons. The first-order chi connectivity index (χ1) is 7.13. The van der Waals surface area contributed by atoms with Gasteiger partial charge in [-0.05, 0) is 24.1 Å². The maximum absolute atomic E-state index is 11.4. The molecule has 2 nitrogen and oxygen atoms in total. The lowest BCUT2D eigenvalue weighted by molar-refractivity contribution is -0.120. The third-order valence-electron chi connectivity index (χ3n) is 3.46. The molecule has 1 aromatic carbocycles. The Morgan fingerprint density at radius 3 is 2.67 bits per heavy atom. The Kier molecular flexibility index (Phi) is 1.83. The number of amides is 1. The number of benzene rings is 1. The molecule has 78 valence electrons. The lowest BCUT2D eigenvalue weighted by Gasteiger charge is -2.12. The summed E-state index contributed by atoms with van der Waals surface area (Å²) in [6.45, 7) is 0.731. The summed E-state index contributed by atoms with van der Waals surface area (Å²) in [7, 11) is 0. The van der Waals surface area contributed by atoms with Crippen molar-refractivity contribution in [3.8, 4) is 0 Å². The Hall–Kier alpha value is -0.730. The number of carbonyl (C=O) groups excluding carboxylic acids is 1. The zero-order chi connectivity index (χ0) is 10.6. The van der Waals surface area contributed by atoms with E-state index in [1.165, 1.54) is 0 Å². The van der Waals surface area contributed by atoms with Crippen LogP contribution in [0, 0.1) is 5.92 Å². The Bertz CT molecular complexity index is 460. The van der Waals surface area contributed by atoms with Crippen LogP contribution in [0.3, 0.4) is 0 Å². The van der Waals surface area contributed by atoms with Gasteiger partial charge in [-0.15, -0.1) is 0 Å². The van der Waals surface area contributed by atoms with Crippen LogP contribution < -0.4 is 5.32 Å². The highest BCUT2D eigenvalue weighted by Crippen LogP contribution is 2.57. The summed E-state index contributed by atoms with van der Waals surface area (Å²) in [6.07, 6.45) is 0.941. The summed E-state index contributed by atoms with van der Waals surface area (Å²) in [5.74, 6) is 0.316. The molecule has 1 heterocycles. The van der Waals surface area contributed by atoms with Crippen LogP contribution in [0.15, 0.2) is 18.2 Å². The summed E-state index contributed by atoms with van der Waals surface area (Å²) >= 11 is 11.8. The summed E-state index contributed by atoms with van der Waals surface area (Å²) in [5.41, 5.74) is 1.13. The molecular weight excluding hydrogens is 233 g/mol. The van der Waals surface area contributed by atoms with Crippen molar-refractivity contribution in [1.29, 1.82) is 0 Å². The minimum Gasteiger partial charge on any atom is -0.355 e. The molecule has 1 aliphatic carbocycles. The first kappa shape index (κ1) is 9.49. The van der Waals surface area contributed by atoms with E-state index in [-0.39, 0.29) is 17.2 Å². The molecule has 1 saturated heterocycles. The highest BCUT2D eigenvalue weighted by Gasteiger charge is 2.63. The standard InChI is InChI=1S/C11H9Cl2NO/c12-8-2-1-6(3-9(8)13)11-4-7(11)10(15)14-5-11/h1-3,7H,4-5H2,(H,14,15)/t7-,11+/m0/s1. The van der Waals surface area contributed by atoms with Crippen LogP contribution in [-0.4, -0.2) is 12.5 Å². The quantitative estimate of drug-likeness (QED) is 0.804. The van der Waals surface area contributed by atoms with E-state index >= 15 is 0 Å². The van der Waals surface area contributed by atoms with Crippen molar-refractivity contribution in [2.75, 3.05) is 6.54 Å². The van der Waals surface area contributed by atoms with Crippen LogP contribution in [0.4, 0.5) is 0 Å². The van der Waals surface area contributed by atoms with Gasteiger partial charge < -0.3 is 5.32 Å². The number of halogens is 2. The Balaban J connectivity index is 2.01. The average Bonchev–Trinajstić information content (AvgIpc) is 2.88. The maximum atomic E-state index is 11.4. The van der Waals surface area contributed by atoms with Gasteiger partial charge in [0.05, 0.1) is 16.0 Å². The molecule has 15 heavy (non-hydrogen) atoms. The molecule has 2 atom stereocenters. The molecule has 1 N–H and O–H groups in total. The van der Waals surface area contributed by atoms with E-state index in [1.807, 2.05) is 12.1 Å².